The van der Waals surface area contributed by atoms with Gasteiger partial charge in [-0.15, -0.1) is 0 Å². The molecule has 0 fully saturated rings. The minimum Gasteiger partial charge on any atom is -0.352 e. The van der Waals surface area contributed by atoms with E-state index in [1.54, 1.807) is 7.05 Å². The Morgan fingerprint density at radius 2 is 1.83 bits per heavy atom. The Labute approximate surface area is 141 Å². The molecule has 0 aliphatic rings. The molecule has 2 rings (SSSR count). The highest BCUT2D eigenvalue weighted by atomic mass is 79.9. The number of carbonyl (C=O) groups excluding carboxylic acids is 1. The smallest absolute Gasteiger partial charge is 0.332 e. The Kier molecular flexibility index (Phi) is 4.79. The predicted molar refractivity (Wildman–Crippen MR) is 90.4 cm³/mol. The van der Waals surface area contributed by atoms with Crippen molar-refractivity contribution in [1.82, 2.24) is 24.0 Å². The molecule has 8 nitrogen and oxygen atoms in total. The number of carbonyl (C=O) groups is 1. The van der Waals surface area contributed by atoms with E-state index in [0.29, 0.717) is 16.3 Å². The van der Waals surface area contributed by atoms with E-state index in [-0.39, 0.29) is 24.0 Å². The molecule has 0 bridgehead atoms. The summed E-state index contributed by atoms with van der Waals surface area (Å²) in [6, 6.07) is 0.0211. The van der Waals surface area contributed by atoms with E-state index in [4.69, 9.17) is 0 Å². The fourth-order valence-corrected chi connectivity index (χ4v) is 2.68. The molecule has 0 radical (unpaired) electrons. The van der Waals surface area contributed by atoms with Crippen LogP contribution in [0.2, 0.25) is 0 Å². The topological polar surface area (TPSA) is 90.9 Å². The van der Waals surface area contributed by atoms with Gasteiger partial charge in [0.1, 0.15) is 6.54 Å². The lowest BCUT2D eigenvalue weighted by molar-refractivity contribution is -0.122. The second-order valence-electron chi connectivity index (χ2n) is 5.95. The van der Waals surface area contributed by atoms with Crippen LogP contribution >= 0.6 is 15.9 Å². The van der Waals surface area contributed by atoms with Gasteiger partial charge in [0.15, 0.2) is 15.9 Å². The Balaban J connectivity index is 2.50. The van der Waals surface area contributed by atoms with E-state index in [2.05, 4.69) is 26.2 Å². The first-order valence-corrected chi connectivity index (χ1v) is 8.05. The highest BCUT2D eigenvalue weighted by Gasteiger charge is 2.20. The lowest BCUT2D eigenvalue weighted by Gasteiger charge is -2.18. The SMILES string of the molecule is CC(C)C(C)NC(=O)Cn1c(Br)nc2c(=O)n(C)c(=O)n(C)c21. The maximum Gasteiger partial charge on any atom is 0.332 e. The Hall–Kier alpha value is -1.90. The van der Waals surface area contributed by atoms with Gasteiger partial charge >= 0.3 is 5.69 Å². The minimum atomic E-state index is -0.487. The molecular formula is C14H20BrN5O3. The molecule has 1 N–H and O–H groups in total. The highest BCUT2D eigenvalue weighted by Crippen LogP contribution is 2.16. The highest BCUT2D eigenvalue weighted by molar-refractivity contribution is 9.10. The molecule has 0 spiro atoms. The molecule has 0 saturated carbocycles. The summed E-state index contributed by atoms with van der Waals surface area (Å²) in [5.74, 6) is 0.0953. The normalized spacial score (nSPS) is 12.8. The van der Waals surface area contributed by atoms with Crippen molar-refractivity contribution in [1.29, 1.82) is 0 Å². The molecule has 0 aromatic carbocycles. The fourth-order valence-electron chi connectivity index (χ4n) is 2.21. The molecule has 2 heterocycles. The van der Waals surface area contributed by atoms with Crippen molar-refractivity contribution in [2.45, 2.75) is 33.4 Å². The summed E-state index contributed by atoms with van der Waals surface area (Å²) in [6.07, 6.45) is 0. The number of aromatic nitrogens is 4. The third-order valence-electron chi connectivity index (χ3n) is 3.98. The van der Waals surface area contributed by atoms with Crippen LogP contribution in [-0.4, -0.2) is 30.6 Å². The number of nitrogens with zero attached hydrogens (tertiary/aromatic N) is 4. The number of halogens is 1. The summed E-state index contributed by atoms with van der Waals surface area (Å²) in [7, 11) is 2.94. The van der Waals surface area contributed by atoms with Crippen molar-refractivity contribution in [3.63, 3.8) is 0 Å². The maximum absolute atomic E-state index is 12.2. The number of hydrogen-bond acceptors (Lipinski definition) is 4. The van der Waals surface area contributed by atoms with Gasteiger partial charge in [0.05, 0.1) is 0 Å². The summed E-state index contributed by atoms with van der Waals surface area (Å²) < 4.78 is 4.15. The average Bonchev–Trinajstić information content (AvgIpc) is 2.80. The van der Waals surface area contributed by atoms with E-state index in [0.717, 1.165) is 4.57 Å². The predicted octanol–water partition coefficient (Wildman–Crippen LogP) is 0.357. The van der Waals surface area contributed by atoms with Crippen LogP contribution in [0.1, 0.15) is 20.8 Å². The van der Waals surface area contributed by atoms with E-state index in [1.807, 2.05) is 20.8 Å². The molecule has 1 unspecified atom stereocenters. The number of aryl methyl sites for hydroxylation is 1. The molecule has 9 heteroatoms. The zero-order chi connectivity index (χ0) is 17.5. The Morgan fingerprint density at radius 3 is 2.39 bits per heavy atom. The molecule has 1 amide bonds. The van der Waals surface area contributed by atoms with E-state index >= 15 is 0 Å². The first kappa shape index (κ1) is 17.5. The first-order chi connectivity index (χ1) is 10.6. The van der Waals surface area contributed by atoms with Crippen LogP contribution in [0.25, 0.3) is 11.2 Å². The summed E-state index contributed by atoms with van der Waals surface area (Å²) in [4.78, 5) is 40.6. The van der Waals surface area contributed by atoms with Crippen LogP contribution in [-0.2, 0) is 25.4 Å². The lowest BCUT2D eigenvalue weighted by atomic mass is 10.1. The Bertz CT molecular complexity index is 877. The molecular weight excluding hydrogens is 366 g/mol. The van der Waals surface area contributed by atoms with Crippen LogP contribution in [0.3, 0.4) is 0 Å². The maximum atomic E-state index is 12.2. The van der Waals surface area contributed by atoms with Crippen LogP contribution in [0.4, 0.5) is 0 Å². The van der Waals surface area contributed by atoms with Gasteiger partial charge in [-0.1, -0.05) is 13.8 Å². The molecule has 0 aliphatic carbocycles. The summed E-state index contributed by atoms with van der Waals surface area (Å²) >= 11 is 3.26. The van der Waals surface area contributed by atoms with Crippen molar-refractivity contribution in [3.05, 3.63) is 25.6 Å². The van der Waals surface area contributed by atoms with Crippen molar-refractivity contribution < 1.29 is 4.79 Å². The summed E-state index contributed by atoms with van der Waals surface area (Å²) in [5.41, 5.74) is -0.492. The molecule has 1 atom stereocenters. The summed E-state index contributed by atoms with van der Waals surface area (Å²) in [6.45, 7) is 5.92. The van der Waals surface area contributed by atoms with Gasteiger partial charge in [-0.3, -0.25) is 23.3 Å². The fraction of sp³-hybridized carbons (Fsp3) is 0.571. The first-order valence-electron chi connectivity index (χ1n) is 7.26. The Morgan fingerprint density at radius 1 is 1.22 bits per heavy atom. The lowest BCUT2D eigenvalue weighted by Crippen LogP contribution is -2.39. The van der Waals surface area contributed by atoms with Crippen molar-refractivity contribution in [2.75, 3.05) is 0 Å². The van der Waals surface area contributed by atoms with Crippen molar-refractivity contribution in [2.24, 2.45) is 20.0 Å². The number of imidazole rings is 1. The molecule has 23 heavy (non-hydrogen) atoms. The van der Waals surface area contributed by atoms with Gasteiger partial charge in [0, 0.05) is 20.1 Å². The van der Waals surface area contributed by atoms with Gasteiger partial charge in [0.25, 0.3) is 5.56 Å². The van der Waals surface area contributed by atoms with Crippen molar-refractivity contribution >= 4 is 33.0 Å². The van der Waals surface area contributed by atoms with Crippen molar-refractivity contribution in [3.8, 4) is 0 Å². The third-order valence-corrected chi connectivity index (χ3v) is 4.59. The molecule has 2 aromatic rings. The van der Waals surface area contributed by atoms with Gasteiger partial charge in [-0.2, -0.15) is 0 Å². The van der Waals surface area contributed by atoms with Gasteiger partial charge in [0.2, 0.25) is 5.91 Å². The average molecular weight is 386 g/mol. The van der Waals surface area contributed by atoms with Crippen LogP contribution in [0, 0.1) is 5.92 Å². The second kappa shape index (κ2) is 6.31. The van der Waals surface area contributed by atoms with Gasteiger partial charge < -0.3 is 5.32 Å². The quantitative estimate of drug-likeness (QED) is 0.769. The zero-order valence-electron chi connectivity index (χ0n) is 13.8. The van der Waals surface area contributed by atoms with Crippen LogP contribution < -0.4 is 16.6 Å². The van der Waals surface area contributed by atoms with E-state index in [1.165, 1.54) is 16.2 Å². The monoisotopic (exact) mass is 385 g/mol. The van der Waals surface area contributed by atoms with Crippen LogP contribution in [0.5, 0.6) is 0 Å². The third kappa shape index (κ3) is 3.10. The minimum absolute atomic E-state index is 0.0211. The molecule has 2 aromatic heterocycles. The number of nitrogens with one attached hydrogen (secondary N) is 1. The van der Waals surface area contributed by atoms with E-state index in [9.17, 15) is 14.4 Å². The largest absolute Gasteiger partial charge is 0.352 e. The standard InChI is InChI=1S/C14H20BrN5O3/c1-7(2)8(3)16-9(21)6-20-11-10(17-13(20)15)12(22)19(5)14(23)18(11)4/h7-8H,6H2,1-5H3,(H,16,21). The number of fused-ring (bicyclic) bond motifs is 1. The second-order valence-corrected chi connectivity index (χ2v) is 6.65. The molecule has 126 valence electrons. The van der Waals surface area contributed by atoms with Gasteiger partial charge in [-0.05, 0) is 28.8 Å². The molecule has 0 saturated heterocycles. The zero-order valence-corrected chi connectivity index (χ0v) is 15.3. The number of hydrogen-bond donors (Lipinski definition) is 1. The number of rotatable bonds is 4. The van der Waals surface area contributed by atoms with E-state index < -0.39 is 11.2 Å². The van der Waals surface area contributed by atoms with Gasteiger partial charge in [-0.25, -0.2) is 9.78 Å². The molecule has 0 aliphatic heterocycles. The summed E-state index contributed by atoms with van der Waals surface area (Å²) in [5, 5.41) is 2.89. The van der Waals surface area contributed by atoms with Crippen LogP contribution in [0.15, 0.2) is 14.3 Å². The number of amides is 1.